The van der Waals surface area contributed by atoms with Crippen LogP contribution in [0.15, 0.2) is 54.6 Å². The molecule has 0 N–H and O–H groups in total. The topological polar surface area (TPSA) is 46.6 Å². The molecule has 2 unspecified atom stereocenters. The van der Waals surface area contributed by atoms with Crippen LogP contribution in [0.5, 0.6) is 5.75 Å². The molecule has 2 aliphatic rings. The first kappa shape index (κ1) is 15.9. The summed E-state index contributed by atoms with van der Waals surface area (Å²) >= 11 is 0. The van der Waals surface area contributed by atoms with E-state index in [2.05, 4.69) is 0 Å². The molecular weight excluding hydrogens is 314 g/mol. The lowest BCUT2D eigenvalue weighted by Gasteiger charge is -2.19. The van der Waals surface area contributed by atoms with E-state index in [1.165, 1.54) is 4.90 Å². The van der Waals surface area contributed by atoms with Crippen LogP contribution in [-0.4, -0.2) is 11.8 Å². The fraction of sp³-hybridized carbons (Fsp3) is 0.333. The van der Waals surface area contributed by atoms with Crippen molar-refractivity contribution >= 4 is 17.5 Å². The quantitative estimate of drug-likeness (QED) is 0.795. The summed E-state index contributed by atoms with van der Waals surface area (Å²) in [7, 11) is 0. The number of amides is 2. The van der Waals surface area contributed by atoms with Crippen molar-refractivity contribution in [2.75, 3.05) is 4.90 Å². The van der Waals surface area contributed by atoms with Crippen molar-refractivity contribution in [1.82, 2.24) is 0 Å². The van der Waals surface area contributed by atoms with Crippen LogP contribution in [0, 0.1) is 11.8 Å². The molecule has 0 spiro atoms. The Balaban J connectivity index is 1.46. The fourth-order valence-corrected chi connectivity index (χ4v) is 3.85. The van der Waals surface area contributed by atoms with Gasteiger partial charge in [-0.3, -0.25) is 14.5 Å². The van der Waals surface area contributed by atoms with Crippen LogP contribution in [0.4, 0.5) is 5.69 Å². The van der Waals surface area contributed by atoms with Gasteiger partial charge in [-0.05, 0) is 42.7 Å². The molecule has 4 nitrogen and oxygen atoms in total. The molecule has 0 aromatic heterocycles. The van der Waals surface area contributed by atoms with E-state index >= 15 is 0 Å². The third-order valence-corrected chi connectivity index (χ3v) is 5.18. The van der Waals surface area contributed by atoms with E-state index in [-0.39, 0.29) is 23.7 Å². The van der Waals surface area contributed by atoms with Crippen molar-refractivity contribution in [3.05, 3.63) is 60.2 Å². The van der Waals surface area contributed by atoms with E-state index in [0.29, 0.717) is 12.3 Å². The molecule has 2 aromatic rings. The number of hydrogen-bond acceptors (Lipinski definition) is 3. The Morgan fingerprint density at radius 3 is 2.04 bits per heavy atom. The summed E-state index contributed by atoms with van der Waals surface area (Å²) in [5, 5.41) is 0. The lowest BCUT2D eigenvalue weighted by Crippen LogP contribution is -2.30. The molecule has 2 fully saturated rings. The smallest absolute Gasteiger partial charge is 0.237 e. The Morgan fingerprint density at radius 2 is 1.44 bits per heavy atom. The molecule has 2 aromatic carbocycles. The largest absolute Gasteiger partial charge is 0.489 e. The highest BCUT2D eigenvalue weighted by Crippen LogP contribution is 2.40. The average molecular weight is 335 g/mol. The lowest BCUT2D eigenvalue weighted by molar-refractivity contribution is -0.122. The van der Waals surface area contributed by atoms with E-state index in [1.54, 1.807) is 12.1 Å². The lowest BCUT2D eigenvalue weighted by atomic mass is 9.81. The Bertz CT molecular complexity index is 745. The third kappa shape index (κ3) is 3.04. The van der Waals surface area contributed by atoms with Crippen molar-refractivity contribution in [1.29, 1.82) is 0 Å². The summed E-state index contributed by atoms with van der Waals surface area (Å²) in [6.45, 7) is 0.492. The van der Waals surface area contributed by atoms with Crippen LogP contribution in [0.2, 0.25) is 0 Å². The summed E-state index contributed by atoms with van der Waals surface area (Å²) in [5.41, 5.74) is 1.75. The number of nitrogens with zero attached hydrogens (tertiary/aromatic N) is 1. The highest BCUT2D eigenvalue weighted by atomic mass is 16.5. The molecule has 128 valence electrons. The summed E-state index contributed by atoms with van der Waals surface area (Å²) < 4.78 is 5.77. The molecule has 0 bridgehead atoms. The maximum absolute atomic E-state index is 12.6. The van der Waals surface area contributed by atoms with Gasteiger partial charge < -0.3 is 4.74 Å². The van der Waals surface area contributed by atoms with Gasteiger partial charge in [0.2, 0.25) is 11.8 Å². The van der Waals surface area contributed by atoms with Crippen molar-refractivity contribution in [3.8, 4) is 5.75 Å². The third-order valence-electron chi connectivity index (χ3n) is 5.18. The molecule has 1 aliphatic carbocycles. The maximum Gasteiger partial charge on any atom is 0.237 e. The van der Waals surface area contributed by atoms with E-state index in [1.807, 2.05) is 42.5 Å². The van der Waals surface area contributed by atoms with Gasteiger partial charge in [0.25, 0.3) is 0 Å². The van der Waals surface area contributed by atoms with Gasteiger partial charge in [0.1, 0.15) is 12.4 Å². The molecule has 1 saturated carbocycles. The van der Waals surface area contributed by atoms with Crippen molar-refractivity contribution in [3.63, 3.8) is 0 Å². The molecule has 25 heavy (non-hydrogen) atoms. The Kier molecular flexibility index (Phi) is 4.26. The standard InChI is InChI=1S/C21H21NO3/c23-20-18-8-4-5-9-19(18)21(24)22(20)16-10-12-17(13-11-16)25-14-15-6-2-1-3-7-15/h1-3,6-7,10-13,18-19H,4-5,8-9,14H2. The van der Waals surface area contributed by atoms with Crippen LogP contribution < -0.4 is 9.64 Å². The number of rotatable bonds is 4. The van der Waals surface area contributed by atoms with Gasteiger partial charge in [-0.1, -0.05) is 43.2 Å². The Labute approximate surface area is 147 Å². The van der Waals surface area contributed by atoms with Gasteiger partial charge in [0.05, 0.1) is 17.5 Å². The number of imide groups is 1. The number of carbonyl (C=O) groups excluding carboxylic acids is 2. The number of hydrogen-bond donors (Lipinski definition) is 0. The minimum Gasteiger partial charge on any atom is -0.489 e. The Hall–Kier alpha value is -2.62. The highest BCUT2D eigenvalue weighted by Gasteiger charge is 2.48. The molecule has 4 heteroatoms. The molecule has 2 amide bonds. The zero-order valence-electron chi connectivity index (χ0n) is 14.1. The molecule has 1 heterocycles. The molecule has 1 saturated heterocycles. The molecule has 2 atom stereocenters. The second-order valence-corrected chi connectivity index (χ2v) is 6.78. The van der Waals surface area contributed by atoms with E-state index < -0.39 is 0 Å². The zero-order valence-corrected chi connectivity index (χ0v) is 14.1. The maximum atomic E-state index is 12.6. The van der Waals surface area contributed by atoms with Crippen LogP contribution in [0.1, 0.15) is 31.2 Å². The van der Waals surface area contributed by atoms with Gasteiger partial charge in [-0.2, -0.15) is 0 Å². The van der Waals surface area contributed by atoms with Crippen molar-refractivity contribution in [2.45, 2.75) is 32.3 Å². The van der Waals surface area contributed by atoms with Crippen molar-refractivity contribution in [2.24, 2.45) is 11.8 Å². The van der Waals surface area contributed by atoms with Crippen molar-refractivity contribution < 1.29 is 14.3 Å². The monoisotopic (exact) mass is 335 g/mol. The number of ether oxygens (including phenoxy) is 1. The number of fused-ring (bicyclic) bond motifs is 1. The molecule has 4 rings (SSSR count). The minimum absolute atomic E-state index is 0.0346. The van der Waals surface area contributed by atoms with Crippen LogP contribution in [0.25, 0.3) is 0 Å². The SMILES string of the molecule is O=C1C2CCCCC2C(=O)N1c1ccc(OCc2ccccc2)cc1. The molecule has 0 radical (unpaired) electrons. The molecular formula is C21H21NO3. The minimum atomic E-state index is -0.116. The highest BCUT2D eigenvalue weighted by molar-refractivity contribution is 6.22. The van der Waals surface area contributed by atoms with Gasteiger partial charge in [-0.15, -0.1) is 0 Å². The van der Waals surface area contributed by atoms with E-state index in [9.17, 15) is 9.59 Å². The number of benzene rings is 2. The zero-order chi connectivity index (χ0) is 17.2. The van der Waals surface area contributed by atoms with Gasteiger partial charge in [0, 0.05) is 0 Å². The van der Waals surface area contributed by atoms with Crippen LogP contribution in [-0.2, 0) is 16.2 Å². The molecule has 1 aliphatic heterocycles. The van der Waals surface area contributed by atoms with Crippen LogP contribution in [0.3, 0.4) is 0 Å². The average Bonchev–Trinajstić information content (AvgIpc) is 2.93. The van der Waals surface area contributed by atoms with Gasteiger partial charge in [0.15, 0.2) is 0 Å². The van der Waals surface area contributed by atoms with E-state index in [4.69, 9.17) is 4.74 Å². The van der Waals surface area contributed by atoms with Gasteiger partial charge in [-0.25, -0.2) is 0 Å². The first-order valence-corrected chi connectivity index (χ1v) is 8.88. The predicted molar refractivity (Wildman–Crippen MR) is 95.2 cm³/mol. The first-order valence-electron chi connectivity index (χ1n) is 8.88. The second-order valence-electron chi connectivity index (χ2n) is 6.78. The Morgan fingerprint density at radius 1 is 0.840 bits per heavy atom. The summed E-state index contributed by atoms with van der Waals surface area (Å²) in [4.78, 5) is 26.6. The summed E-state index contributed by atoms with van der Waals surface area (Å²) in [6.07, 6.45) is 3.76. The van der Waals surface area contributed by atoms with Gasteiger partial charge >= 0.3 is 0 Å². The number of anilines is 1. The summed E-state index contributed by atoms with van der Waals surface area (Å²) in [6, 6.07) is 17.2. The fourth-order valence-electron chi connectivity index (χ4n) is 3.85. The first-order chi connectivity index (χ1) is 12.2. The normalized spacial score (nSPS) is 22.8. The second kappa shape index (κ2) is 6.71. The number of carbonyl (C=O) groups is 2. The van der Waals surface area contributed by atoms with Crippen LogP contribution >= 0.6 is 0 Å². The van der Waals surface area contributed by atoms with E-state index in [0.717, 1.165) is 37.0 Å². The predicted octanol–water partition coefficient (Wildman–Crippen LogP) is 3.95. The summed E-state index contributed by atoms with van der Waals surface area (Å²) in [5.74, 6) is 0.426.